The number of fused-ring (bicyclic) bond motifs is 5. The fourth-order valence-electron chi connectivity index (χ4n) is 4.07. The summed E-state index contributed by atoms with van der Waals surface area (Å²) in [4.78, 5) is 38.0. The standard InChI is InChI=1S/C17H15NO6/c1-16-5-6-17(8-19,24-16)12-11(16)13(20)18(14(12)21)10-4-2-3-9(7-10)15(22)23/h2-7,11-12,19H,8H2,1H3,(H,22,23)/t11-,12-,16-,17+/m1/s1. The van der Waals surface area contributed by atoms with Crippen molar-refractivity contribution in [2.24, 2.45) is 11.8 Å². The first-order chi connectivity index (χ1) is 11.3. The predicted molar refractivity (Wildman–Crippen MR) is 81.3 cm³/mol. The molecule has 124 valence electrons. The fourth-order valence-corrected chi connectivity index (χ4v) is 4.07. The first-order valence-corrected chi connectivity index (χ1v) is 7.55. The van der Waals surface area contributed by atoms with Gasteiger partial charge in [-0.25, -0.2) is 9.69 Å². The summed E-state index contributed by atoms with van der Waals surface area (Å²) in [6.07, 6.45) is 3.36. The number of nitrogens with zero attached hydrogens (tertiary/aromatic N) is 1. The Bertz CT molecular complexity index is 817. The maximum absolute atomic E-state index is 12.9. The number of carboxylic acid groups (broad SMARTS) is 1. The van der Waals surface area contributed by atoms with Gasteiger partial charge in [0.15, 0.2) is 0 Å². The molecule has 7 nitrogen and oxygen atoms in total. The number of imide groups is 1. The van der Waals surface area contributed by atoms with E-state index in [2.05, 4.69) is 0 Å². The van der Waals surface area contributed by atoms with Crippen LogP contribution in [0.5, 0.6) is 0 Å². The van der Waals surface area contributed by atoms with Gasteiger partial charge in [-0.15, -0.1) is 0 Å². The zero-order valence-corrected chi connectivity index (χ0v) is 12.8. The molecule has 0 radical (unpaired) electrons. The Kier molecular flexibility index (Phi) is 2.83. The molecule has 3 aliphatic heterocycles. The molecule has 2 fully saturated rings. The van der Waals surface area contributed by atoms with E-state index in [0.29, 0.717) is 0 Å². The third-order valence-electron chi connectivity index (χ3n) is 5.15. The van der Waals surface area contributed by atoms with Crippen LogP contribution in [0.1, 0.15) is 17.3 Å². The lowest BCUT2D eigenvalue weighted by atomic mass is 9.73. The Morgan fingerprint density at radius 2 is 1.96 bits per heavy atom. The molecule has 0 spiro atoms. The van der Waals surface area contributed by atoms with Crippen molar-refractivity contribution in [3.8, 4) is 0 Å². The fraction of sp³-hybridized carbons (Fsp3) is 0.353. The highest BCUT2D eigenvalue weighted by Gasteiger charge is 2.72. The Morgan fingerprint density at radius 1 is 1.25 bits per heavy atom. The number of carbonyl (C=O) groups is 3. The van der Waals surface area contributed by atoms with Crippen molar-refractivity contribution in [3.05, 3.63) is 42.0 Å². The molecule has 1 aromatic rings. The van der Waals surface area contributed by atoms with Crippen LogP contribution in [0.3, 0.4) is 0 Å². The number of ether oxygens (including phenoxy) is 1. The van der Waals surface area contributed by atoms with E-state index < -0.39 is 47.4 Å². The zero-order valence-electron chi connectivity index (χ0n) is 12.8. The first kappa shape index (κ1) is 15.0. The van der Waals surface area contributed by atoms with Gasteiger partial charge < -0.3 is 14.9 Å². The SMILES string of the molecule is C[C@]12C=C[C@@](CO)(O1)[C@H]1C(=O)N(c3cccc(C(=O)O)c3)C(=O)[C@@H]12. The number of aromatic carboxylic acids is 1. The van der Waals surface area contributed by atoms with Gasteiger partial charge >= 0.3 is 5.97 Å². The third-order valence-corrected chi connectivity index (χ3v) is 5.15. The number of hydrogen-bond acceptors (Lipinski definition) is 5. The molecule has 2 N–H and O–H groups in total. The Labute approximate surface area is 137 Å². The molecule has 1 aromatic carbocycles. The van der Waals surface area contributed by atoms with E-state index in [4.69, 9.17) is 9.84 Å². The lowest BCUT2D eigenvalue weighted by molar-refractivity contribution is -0.131. The maximum Gasteiger partial charge on any atom is 0.335 e. The highest BCUT2D eigenvalue weighted by atomic mass is 16.5. The highest BCUT2D eigenvalue weighted by molar-refractivity contribution is 6.23. The molecule has 0 aliphatic carbocycles. The predicted octanol–water partition coefficient (Wildman–Crippen LogP) is 0.580. The molecular formula is C17H15NO6. The zero-order chi connectivity index (χ0) is 17.3. The molecule has 3 aliphatic rings. The molecule has 0 saturated carbocycles. The Balaban J connectivity index is 1.80. The summed E-state index contributed by atoms with van der Waals surface area (Å²) in [5, 5.41) is 18.9. The number of amides is 2. The van der Waals surface area contributed by atoms with Crippen molar-refractivity contribution in [3.63, 3.8) is 0 Å². The largest absolute Gasteiger partial charge is 0.478 e. The second-order valence-corrected chi connectivity index (χ2v) is 6.56. The lowest BCUT2D eigenvalue weighted by Crippen LogP contribution is -2.43. The average Bonchev–Trinajstić information content (AvgIpc) is 3.13. The third kappa shape index (κ3) is 1.65. The second-order valence-electron chi connectivity index (χ2n) is 6.56. The van der Waals surface area contributed by atoms with Gasteiger partial charge in [-0.2, -0.15) is 0 Å². The second kappa shape index (κ2) is 4.52. The van der Waals surface area contributed by atoms with Crippen molar-refractivity contribution in [2.75, 3.05) is 11.5 Å². The van der Waals surface area contributed by atoms with Crippen LogP contribution in [-0.2, 0) is 14.3 Å². The maximum atomic E-state index is 12.9. The molecule has 4 rings (SSSR count). The van der Waals surface area contributed by atoms with Crippen molar-refractivity contribution in [1.82, 2.24) is 0 Å². The summed E-state index contributed by atoms with van der Waals surface area (Å²) >= 11 is 0. The molecule has 3 heterocycles. The number of rotatable bonds is 3. The van der Waals surface area contributed by atoms with Crippen LogP contribution in [0.15, 0.2) is 36.4 Å². The monoisotopic (exact) mass is 329 g/mol. The Hall–Kier alpha value is -2.51. The van der Waals surface area contributed by atoms with Crippen molar-refractivity contribution in [2.45, 2.75) is 18.1 Å². The van der Waals surface area contributed by atoms with Crippen LogP contribution in [-0.4, -0.2) is 45.8 Å². The number of carbonyl (C=O) groups excluding carboxylic acids is 2. The molecule has 2 saturated heterocycles. The van der Waals surface area contributed by atoms with Crippen molar-refractivity contribution >= 4 is 23.5 Å². The van der Waals surface area contributed by atoms with E-state index in [-0.39, 0.29) is 11.3 Å². The minimum absolute atomic E-state index is 0.00871. The first-order valence-electron chi connectivity index (χ1n) is 7.55. The van der Waals surface area contributed by atoms with E-state index in [0.717, 1.165) is 4.90 Å². The summed E-state index contributed by atoms with van der Waals surface area (Å²) in [6, 6.07) is 5.69. The summed E-state index contributed by atoms with van der Waals surface area (Å²) in [7, 11) is 0. The molecule has 4 atom stereocenters. The van der Waals surface area contributed by atoms with Crippen molar-refractivity contribution in [1.29, 1.82) is 0 Å². The van der Waals surface area contributed by atoms with Gasteiger partial charge in [0.05, 0.1) is 35.3 Å². The number of anilines is 1. The van der Waals surface area contributed by atoms with E-state index in [1.165, 1.54) is 24.3 Å². The minimum Gasteiger partial charge on any atom is -0.478 e. The summed E-state index contributed by atoms with van der Waals surface area (Å²) in [5.74, 6) is -3.58. The molecule has 0 aromatic heterocycles. The van der Waals surface area contributed by atoms with Crippen LogP contribution < -0.4 is 4.90 Å². The van der Waals surface area contributed by atoms with E-state index in [1.807, 2.05) is 0 Å². The van der Waals surface area contributed by atoms with Crippen LogP contribution in [0.25, 0.3) is 0 Å². The van der Waals surface area contributed by atoms with Crippen LogP contribution in [0, 0.1) is 11.8 Å². The molecular weight excluding hydrogens is 314 g/mol. The smallest absolute Gasteiger partial charge is 0.335 e. The van der Waals surface area contributed by atoms with E-state index >= 15 is 0 Å². The van der Waals surface area contributed by atoms with Gasteiger partial charge in [-0.1, -0.05) is 18.2 Å². The van der Waals surface area contributed by atoms with Crippen LogP contribution in [0.4, 0.5) is 5.69 Å². The molecule has 0 unspecified atom stereocenters. The highest BCUT2D eigenvalue weighted by Crippen LogP contribution is 2.57. The number of hydrogen-bond donors (Lipinski definition) is 2. The summed E-state index contributed by atoms with van der Waals surface area (Å²) in [5.41, 5.74) is -1.93. The summed E-state index contributed by atoms with van der Waals surface area (Å²) < 4.78 is 5.83. The lowest BCUT2D eigenvalue weighted by Gasteiger charge is -2.27. The molecule has 7 heteroatoms. The quantitative estimate of drug-likeness (QED) is 0.621. The van der Waals surface area contributed by atoms with Gasteiger partial charge in [-0.3, -0.25) is 9.59 Å². The molecule has 24 heavy (non-hydrogen) atoms. The van der Waals surface area contributed by atoms with Crippen LogP contribution >= 0.6 is 0 Å². The van der Waals surface area contributed by atoms with Gasteiger partial charge in [0.2, 0.25) is 11.8 Å². The summed E-state index contributed by atoms with van der Waals surface area (Å²) in [6.45, 7) is 1.32. The van der Waals surface area contributed by atoms with Crippen LogP contribution in [0.2, 0.25) is 0 Å². The number of aliphatic hydroxyl groups excluding tert-OH is 1. The van der Waals surface area contributed by atoms with Gasteiger partial charge in [0, 0.05) is 0 Å². The minimum atomic E-state index is -1.19. The number of carboxylic acids is 1. The molecule has 2 bridgehead atoms. The average molecular weight is 329 g/mol. The topological polar surface area (TPSA) is 104 Å². The normalized spacial score (nSPS) is 36.5. The number of benzene rings is 1. The van der Waals surface area contributed by atoms with E-state index in [1.54, 1.807) is 19.1 Å². The van der Waals surface area contributed by atoms with Gasteiger partial charge in [0.25, 0.3) is 0 Å². The number of aliphatic hydroxyl groups is 1. The van der Waals surface area contributed by atoms with Gasteiger partial charge in [0.1, 0.15) is 5.60 Å². The molecule has 2 amide bonds. The van der Waals surface area contributed by atoms with E-state index in [9.17, 15) is 19.5 Å². The van der Waals surface area contributed by atoms with Crippen molar-refractivity contribution < 1.29 is 29.3 Å². The van der Waals surface area contributed by atoms with Gasteiger partial charge in [-0.05, 0) is 25.1 Å². The Morgan fingerprint density at radius 3 is 2.62 bits per heavy atom.